The first-order chi connectivity index (χ1) is 6.49. The molecule has 0 heterocycles. The molecule has 0 aromatic heterocycles. The first-order valence-electron chi connectivity index (χ1n) is 5.34. The van der Waals surface area contributed by atoms with Crippen LogP contribution in [0.3, 0.4) is 0 Å². The van der Waals surface area contributed by atoms with Gasteiger partial charge >= 0.3 is 0 Å². The van der Waals surface area contributed by atoms with Gasteiger partial charge in [0.25, 0.3) is 0 Å². The average molecular weight is 221 g/mol. The zero-order valence-electron chi connectivity index (χ0n) is 9.54. The smallest absolute Gasteiger partial charge is 0.147 e. The Balaban J connectivity index is 3.62. The Hall–Kier alpha value is -0.0900. The molecule has 0 saturated heterocycles. The number of unbranched alkanes of at least 4 members (excludes halogenated alkanes) is 1. The fourth-order valence-corrected chi connectivity index (χ4v) is 2.17. The normalized spacial score (nSPS) is 14.2. The van der Waals surface area contributed by atoms with Crippen molar-refractivity contribution in [2.75, 3.05) is 19.1 Å². The molecule has 3 nitrogen and oxygen atoms in total. The molecular weight excluding hydrogens is 198 g/mol. The number of rotatable bonds is 8. The molecule has 0 saturated carbocycles. The van der Waals surface area contributed by atoms with E-state index in [1.165, 1.54) is 19.1 Å². The minimum Gasteiger partial charge on any atom is -0.317 e. The molecule has 0 rings (SSSR count). The van der Waals surface area contributed by atoms with E-state index in [0.29, 0.717) is 11.8 Å². The molecule has 14 heavy (non-hydrogen) atoms. The molecule has 0 aliphatic carbocycles. The van der Waals surface area contributed by atoms with Gasteiger partial charge in [-0.25, -0.2) is 8.42 Å². The van der Waals surface area contributed by atoms with Gasteiger partial charge in [-0.05, 0) is 26.3 Å². The van der Waals surface area contributed by atoms with Crippen molar-refractivity contribution in [3.63, 3.8) is 0 Å². The van der Waals surface area contributed by atoms with Crippen molar-refractivity contribution in [3.05, 3.63) is 0 Å². The average Bonchev–Trinajstić information content (AvgIpc) is 2.09. The zero-order chi connectivity index (χ0) is 11.0. The highest BCUT2D eigenvalue weighted by Crippen LogP contribution is 2.07. The van der Waals surface area contributed by atoms with Gasteiger partial charge in [0.05, 0.1) is 0 Å². The Morgan fingerprint density at radius 2 is 1.79 bits per heavy atom. The molecule has 0 aliphatic heterocycles. The van der Waals surface area contributed by atoms with E-state index in [2.05, 4.69) is 12.2 Å². The molecule has 0 radical (unpaired) electrons. The maximum Gasteiger partial charge on any atom is 0.147 e. The minimum atomic E-state index is -2.78. The lowest BCUT2D eigenvalue weighted by atomic mass is 10.1. The molecule has 0 fully saturated rings. The molecule has 0 aliphatic rings. The summed E-state index contributed by atoms with van der Waals surface area (Å²) in [7, 11) is -0.831. The summed E-state index contributed by atoms with van der Waals surface area (Å²) in [6, 6.07) is 0.483. The number of sulfone groups is 1. The highest BCUT2D eigenvalue weighted by Gasteiger charge is 2.07. The van der Waals surface area contributed by atoms with Gasteiger partial charge in [-0.3, -0.25) is 0 Å². The Labute approximate surface area is 88.2 Å². The molecule has 0 amide bonds. The van der Waals surface area contributed by atoms with Crippen LogP contribution in [0.25, 0.3) is 0 Å². The molecule has 0 aromatic rings. The third-order valence-electron chi connectivity index (χ3n) is 2.38. The van der Waals surface area contributed by atoms with Gasteiger partial charge in [0, 0.05) is 18.1 Å². The number of hydrogen-bond acceptors (Lipinski definition) is 3. The van der Waals surface area contributed by atoms with Crippen LogP contribution in [0.5, 0.6) is 0 Å². The van der Waals surface area contributed by atoms with Gasteiger partial charge < -0.3 is 5.32 Å². The number of hydrogen-bond donors (Lipinski definition) is 1. The molecule has 4 heteroatoms. The van der Waals surface area contributed by atoms with Gasteiger partial charge in [0.2, 0.25) is 0 Å². The van der Waals surface area contributed by atoms with Crippen molar-refractivity contribution >= 4 is 9.84 Å². The second-order valence-corrected chi connectivity index (χ2v) is 6.16. The van der Waals surface area contributed by atoms with E-state index in [9.17, 15) is 8.42 Å². The molecule has 0 aromatic carbocycles. The van der Waals surface area contributed by atoms with Crippen molar-refractivity contribution < 1.29 is 8.42 Å². The molecule has 1 N–H and O–H groups in total. The highest BCUT2D eigenvalue weighted by molar-refractivity contribution is 7.90. The number of nitrogens with one attached hydrogen (secondary N) is 1. The molecule has 1 unspecified atom stereocenters. The monoisotopic (exact) mass is 221 g/mol. The third kappa shape index (κ3) is 8.51. The lowest BCUT2D eigenvalue weighted by molar-refractivity contribution is 0.466. The first kappa shape index (κ1) is 13.9. The quantitative estimate of drug-likeness (QED) is 0.677. The van der Waals surface area contributed by atoms with Gasteiger partial charge in [-0.15, -0.1) is 0 Å². The van der Waals surface area contributed by atoms with E-state index >= 15 is 0 Å². The highest BCUT2D eigenvalue weighted by atomic mass is 32.2. The SMILES string of the molecule is CCCCC(CCCS(C)(=O)=O)NC. The fraction of sp³-hybridized carbons (Fsp3) is 1.00. The summed E-state index contributed by atoms with van der Waals surface area (Å²) in [4.78, 5) is 0. The minimum absolute atomic E-state index is 0.317. The molecule has 86 valence electrons. The Kier molecular flexibility index (Phi) is 7.19. The summed E-state index contributed by atoms with van der Waals surface area (Å²) in [5, 5.41) is 3.23. The van der Waals surface area contributed by atoms with Crippen molar-refractivity contribution in [2.24, 2.45) is 0 Å². The summed E-state index contributed by atoms with van der Waals surface area (Å²) in [6.07, 6.45) is 6.59. The fourth-order valence-electron chi connectivity index (χ4n) is 1.48. The van der Waals surface area contributed by atoms with Crippen LogP contribution in [0.15, 0.2) is 0 Å². The van der Waals surface area contributed by atoms with Crippen LogP contribution in [0.1, 0.15) is 39.0 Å². The van der Waals surface area contributed by atoms with Crippen LogP contribution in [0.2, 0.25) is 0 Å². The van der Waals surface area contributed by atoms with Crippen LogP contribution in [-0.4, -0.2) is 33.5 Å². The summed E-state index contributed by atoms with van der Waals surface area (Å²) in [6.45, 7) is 2.17. The second kappa shape index (κ2) is 7.23. The summed E-state index contributed by atoms with van der Waals surface area (Å²) in [5.41, 5.74) is 0. The first-order valence-corrected chi connectivity index (χ1v) is 7.40. The van der Waals surface area contributed by atoms with E-state index in [0.717, 1.165) is 19.3 Å². The van der Waals surface area contributed by atoms with E-state index in [-0.39, 0.29) is 0 Å². The van der Waals surface area contributed by atoms with E-state index < -0.39 is 9.84 Å². The van der Waals surface area contributed by atoms with Crippen LogP contribution in [0.4, 0.5) is 0 Å². The topological polar surface area (TPSA) is 46.2 Å². The zero-order valence-corrected chi connectivity index (χ0v) is 10.4. The standard InChI is InChI=1S/C10H23NO2S/c1-4-5-7-10(11-2)8-6-9-14(3,12)13/h10-11H,4-9H2,1-3H3. The van der Waals surface area contributed by atoms with Gasteiger partial charge in [-0.2, -0.15) is 0 Å². The summed E-state index contributed by atoms with van der Waals surface area (Å²) >= 11 is 0. The Morgan fingerprint density at radius 1 is 1.21 bits per heavy atom. The molecule has 0 bridgehead atoms. The molecule has 1 atom stereocenters. The summed E-state index contributed by atoms with van der Waals surface area (Å²) in [5.74, 6) is 0.317. The molecular formula is C10H23NO2S. The van der Waals surface area contributed by atoms with Crippen molar-refractivity contribution in [1.29, 1.82) is 0 Å². The van der Waals surface area contributed by atoms with Gasteiger partial charge in [0.1, 0.15) is 9.84 Å². The van der Waals surface area contributed by atoms with Crippen molar-refractivity contribution in [2.45, 2.75) is 45.1 Å². The van der Waals surface area contributed by atoms with Crippen molar-refractivity contribution in [3.8, 4) is 0 Å². The maximum atomic E-state index is 10.9. The van der Waals surface area contributed by atoms with Crippen LogP contribution >= 0.6 is 0 Å². The van der Waals surface area contributed by atoms with Gasteiger partial charge in [-0.1, -0.05) is 19.8 Å². The molecule has 0 spiro atoms. The van der Waals surface area contributed by atoms with Crippen LogP contribution in [-0.2, 0) is 9.84 Å². The van der Waals surface area contributed by atoms with Crippen LogP contribution in [0, 0.1) is 0 Å². The van der Waals surface area contributed by atoms with E-state index in [1.807, 2.05) is 7.05 Å². The van der Waals surface area contributed by atoms with E-state index in [4.69, 9.17) is 0 Å². The second-order valence-electron chi connectivity index (χ2n) is 3.90. The maximum absolute atomic E-state index is 10.9. The lowest BCUT2D eigenvalue weighted by Crippen LogP contribution is -2.25. The van der Waals surface area contributed by atoms with Crippen LogP contribution < -0.4 is 5.32 Å². The lowest BCUT2D eigenvalue weighted by Gasteiger charge is -2.14. The third-order valence-corrected chi connectivity index (χ3v) is 3.41. The Morgan fingerprint density at radius 3 is 2.21 bits per heavy atom. The van der Waals surface area contributed by atoms with E-state index in [1.54, 1.807) is 0 Å². The predicted octanol–water partition coefficient (Wildman–Crippen LogP) is 1.59. The van der Waals surface area contributed by atoms with Gasteiger partial charge in [0.15, 0.2) is 0 Å². The Bertz CT molecular complexity index is 224. The van der Waals surface area contributed by atoms with Crippen molar-refractivity contribution in [1.82, 2.24) is 5.32 Å². The summed E-state index contributed by atoms with van der Waals surface area (Å²) < 4.78 is 21.8. The predicted molar refractivity (Wildman–Crippen MR) is 61.3 cm³/mol. The largest absolute Gasteiger partial charge is 0.317 e.